The summed E-state index contributed by atoms with van der Waals surface area (Å²) in [5.41, 5.74) is 15.7. The second kappa shape index (κ2) is 11.8. The SMILES string of the molecule is c1ccc(-c2ccc3c(c2)-c2c(-c4nc(-c5ccccc5)nc(-c5ccccc5)n4)cccc2C32c3ccccc3-n3c4ccccc4c4cccc2c43)cc1. The number of nitrogens with zero attached hydrogens (tertiary/aromatic N) is 4. The highest BCUT2D eigenvalue weighted by molar-refractivity contribution is 6.13. The van der Waals surface area contributed by atoms with Crippen molar-refractivity contribution in [2.24, 2.45) is 0 Å². The van der Waals surface area contributed by atoms with Crippen molar-refractivity contribution in [2.45, 2.75) is 5.41 Å². The molecule has 0 fully saturated rings. The average molecular weight is 713 g/mol. The normalized spacial score (nSPS) is 14.9. The molecule has 1 aliphatic carbocycles. The molecule has 8 aromatic carbocycles. The summed E-state index contributed by atoms with van der Waals surface area (Å²) in [6.45, 7) is 0. The molecule has 0 saturated heterocycles. The molecule has 4 nitrogen and oxygen atoms in total. The van der Waals surface area contributed by atoms with Gasteiger partial charge in [-0.25, -0.2) is 15.0 Å². The molecular formula is C52H32N4. The van der Waals surface area contributed by atoms with Gasteiger partial charge in [0.2, 0.25) is 0 Å². The minimum atomic E-state index is -0.603. The van der Waals surface area contributed by atoms with Gasteiger partial charge in [0.25, 0.3) is 0 Å². The Morgan fingerprint density at radius 1 is 0.357 bits per heavy atom. The fourth-order valence-corrected chi connectivity index (χ4v) is 9.59. The van der Waals surface area contributed by atoms with E-state index in [1.807, 2.05) is 36.4 Å². The molecule has 0 radical (unpaired) electrons. The van der Waals surface area contributed by atoms with Gasteiger partial charge in [0.05, 0.1) is 22.1 Å². The van der Waals surface area contributed by atoms with Crippen molar-refractivity contribution < 1.29 is 0 Å². The van der Waals surface area contributed by atoms with Crippen LogP contribution in [-0.4, -0.2) is 19.5 Å². The van der Waals surface area contributed by atoms with E-state index >= 15 is 0 Å². The van der Waals surface area contributed by atoms with Crippen LogP contribution in [0.25, 0.3) is 83.9 Å². The first-order chi connectivity index (χ1) is 27.8. The molecule has 4 heteroatoms. The Labute approximate surface area is 324 Å². The topological polar surface area (TPSA) is 43.6 Å². The second-order valence-electron chi connectivity index (χ2n) is 14.7. The molecule has 260 valence electrons. The maximum Gasteiger partial charge on any atom is 0.164 e. The number of aromatic nitrogens is 4. The monoisotopic (exact) mass is 712 g/mol. The molecule has 56 heavy (non-hydrogen) atoms. The van der Waals surface area contributed by atoms with E-state index in [0.717, 1.165) is 22.3 Å². The second-order valence-corrected chi connectivity index (χ2v) is 14.7. The smallest absolute Gasteiger partial charge is 0.164 e. The molecule has 0 saturated carbocycles. The molecular weight excluding hydrogens is 681 g/mol. The summed E-state index contributed by atoms with van der Waals surface area (Å²) in [4.78, 5) is 15.6. The van der Waals surface area contributed by atoms with Gasteiger partial charge in [-0.15, -0.1) is 0 Å². The van der Waals surface area contributed by atoms with Crippen LogP contribution < -0.4 is 0 Å². The fraction of sp³-hybridized carbons (Fsp3) is 0.0192. The Kier molecular flexibility index (Phi) is 6.52. The summed E-state index contributed by atoms with van der Waals surface area (Å²) in [5, 5.41) is 2.52. The molecule has 0 N–H and O–H groups in total. The molecule has 1 unspecified atom stereocenters. The Morgan fingerprint density at radius 2 is 0.929 bits per heavy atom. The minimum absolute atomic E-state index is 0.603. The van der Waals surface area contributed by atoms with E-state index in [-0.39, 0.29) is 0 Å². The molecule has 3 heterocycles. The highest BCUT2D eigenvalue weighted by Gasteiger charge is 2.51. The van der Waals surface area contributed by atoms with Gasteiger partial charge in [-0.1, -0.05) is 176 Å². The molecule has 2 aliphatic rings. The zero-order valence-corrected chi connectivity index (χ0v) is 30.3. The first kappa shape index (κ1) is 31.0. The van der Waals surface area contributed by atoms with Gasteiger partial charge in [0, 0.05) is 27.5 Å². The van der Waals surface area contributed by atoms with Crippen LogP contribution in [0.2, 0.25) is 0 Å². The van der Waals surface area contributed by atoms with Crippen LogP contribution in [0.15, 0.2) is 194 Å². The summed E-state index contributed by atoms with van der Waals surface area (Å²) in [6, 6.07) is 69.7. The van der Waals surface area contributed by atoms with Crippen LogP contribution in [0.4, 0.5) is 0 Å². The van der Waals surface area contributed by atoms with Gasteiger partial charge in [0.1, 0.15) is 0 Å². The van der Waals surface area contributed by atoms with Crippen molar-refractivity contribution in [2.75, 3.05) is 0 Å². The van der Waals surface area contributed by atoms with Crippen molar-refractivity contribution in [1.82, 2.24) is 19.5 Å². The first-order valence-corrected chi connectivity index (χ1v) is 19.1. The van der Waals surface area contributed by atoms with E-state index in [0.29, 0.717) is 17.5 Å². The van der Waals surface area contributed by atoms with Gasteiger partial charge in [-0.3, -0.25) is 0 Å². The van der Waals surface area contributed by atoms with E-state index < -0.39 is 5.41 Å². The van der Waals surface area contributed by atoms with Crippen LogP contribution in [0.1, 0.15) is 22.3 Å². The largest absolute Gasteiger partial charge is 0.309 e. The van der Waals surface area contributed by atoms with Crippen LogP contribution in [0, 0.1) is 0 Å². The quantitative estimate of drug-likeness (QED) is 0.182. The third-order valence-corrected chi connectivity index (χ3v) is 11.9. The Hall–Kier alpha value is -7.43. The lowest BCUT2D eigenvalue weighted by atomic mass is 9.65. The maximum atomic E-state index is 5.29. The van der Waals surface area contributed by atoms with E-state index in [1.54, 1.807) is 0 Å². The third kappa shape index (κ3) is 4.21. The van der Waals surface area contributed by atoms with Crippen LogP contribution >= 0.6 is 0 Å². The summed E-state index contributed by atoms with van der Waals surface area (Å²) in [7, 11) is 0. The van der Waals surface area contributed by atoms with E-state index in [2.05, 4.69) is 162 Å². The third-order valence-electron chi connectivity index (χ3n) is 11.9. The average Bonchev–Trinajstić information content (AvgIpc) is 3.77. The molecule has 12 rings (SSSR count). The molecule has 2 aromatic heterocycles. The molecule has 1 atom stereocenters. The highest BCUT2D eigenvalue weighted by atomic mass is 15.0. The number of para-hydroxylation sites is 3. The van der Waals surface area contributed by atoms with Gasteiger partial charge in [-0.2, -0.15) is 0 Å². The summed E-state index contributed by atoms with van der Waals surface area (Å²) >= 11 is 0. The van der Waals surface area contributed by atoms with Crippen molar-refractivity contribution in [1.29, 1.82) is 0 Å². The number of fused-ring (bicyclic) bond motifs is 12. The Bertz CT molecular complexity index is 3130. The number of rotatable bonds is 4. The summed E-state index contributed by atoms with van der Waals surface area (Å²) in [5.74, 6) is 1.95. The molecule has 10 aromatic rings. The van der Waals surface area contributed by atoms with E-state index in [4.69, 9.17) is 15.0 Å². The van der Waals surface area contributed by atoms with Crippen molar-refractivity contribution in [3.63, 3.8) is 0 Å². The minimum Gasteiger partial charge on any atom is -0.309 e. The highest BCUT2D eigenvalue weighted by Crippen LogP contribution is 2.62. The lowest BCUT2D eigenvalue weighted by Gasteiger charge is -2.39. The van der Waals surface area contributed by atoms with Gasteiger partial charge < -0.3 is 4.57 Å². The summed E-state index contributed by atoms with van der Waals surface area (Å²) < 4.78 is 2.49. The predicted molar refractivity (Wildman–Crippen MR) is 227 cm³/mol. The van der Waals surface area contributed by atoms with Crippen molar-refractivity contribution >= 4 is 21.8 Å². The lowest BCUT2D eigenvalue weighted by Crippen LogP contribution is -2.33. The number of hydrogen-bond donors (Lipinski definition) is 0. The molecule has 0 bridgehead atoms. The maximum absolute atomic E-state index is 5.29. The fourth-order valence-electron chi connectivity index (χ4n) is 9.59. The number of benzene rings is 8. The van der Waals surface area contributed by atoms with Crippen molar-refractivity contribution in [3.8, 4) is 62.1 Å². The zero-order valence-electron chi connectivity index (χ0n) is 30.3. The molecule has 1 aliphatic heterocycles. The van der Waals surface area contributed by atoms with Crippen LogP contribution in [-0.2, 0) is 5.41 Å². The zero-order chi connectivity index (χ0) is 36.8. The molecule has 0 amide bonds. The predicted octanol–water partition coefficient (Wildman–Crippen LogP) is 12.3. The summed E-state index contributed by atoms with van der Waals surface area (Å²) in [6.07, 6.45) is 0. The van der Waals surface area contributed by atoms with Crippen LogP contribution in [0.3, 0.4) is 0 Å². The Morgan fingerprint density at radius 3 is 1.68 bits per heavy atom. The van der Waals surface area contributed by atoms with Crippen molar-refractivity contribution in [3.05, 3.63) is 216 Å². The van der Waals surface area contributed by atoms with Gasteiger partial charge in [-0.05, 0) is 62.7 Å². The molecule has 1 spiro atoms. The Balaban J connectivity index is 1.22. The van der Waals surface area contributed by atoms with Gasteiger partial charge >= 0.3 is 0 Å². The number of hydrogen-bond acceptors (Lipinski definition) is 3. The van der Waals surface area contributed by atoms with Gasteiger partial charge in [0.15, 0.2) is 17.5 Å². The van der Waals surface area contributed by atoms with Crippen LogP contribution in [0.5, 0.6) is 0 Å². The van der Waals surface area contributed by atoms with E-state index in [1.165, 1.54) is 66.4 Å². The lowest BCUT2D eigenvalue weighted by molar-refractivity contribution is 0.748. The standard InChI is InChI=1S/C52H32N4/c1-4-16-33(17-5-1)36-30-31-41-40(32-36)47-39(51-54-49(34-18-6-2-7-19-34)53-50(55-51)35-20-8-3-9-21-35)24-15-26-43(47)52(41)42-25-11-13-29-46(42)56-45-28-12-10-22-37(45)38-23-14-27-44(52)48(38)56/h1-32H. The first-order valence-electron chi connectivity index (χ1n) is 19.1. The van der Waals surface area contributed by atoms with E-state index in [9.17, 15) is 0 Å².